The Morgan fingerprint density at radius 3 is 2.92 bits per heavy atom. The van der Waals surface area contributed by atoms with Crippen molar-refractivity contribution in [3.8, 4) is 0 Å². The van der Waals surface area contributed by atoms with Gasteiger partial charge in [-0.1, -0.05) is 44.1 Å². The zero-order chi connectivity index (χ0) is 17.2. The van der Waals surface area contributed by atoms with Crippen LogP contribution in [0.15, 0.2) is 15.7 Å². The molecule has 1 N–H and O–H groups in total. The Morgan fingerprint density at radius 1 is 1.33 bits per heavy atom. The number of rotatable bonds is 4. The van der Waals surface area contributed by atoms with E-state index in [1.807, 2.05) is 20.8 Å². The van der Waals surface area contributed by atoms with E-state index in [0.29, 0.717) is 5.88 Å². The van der Waals surface area contributed by atoms with E-state index in [4.69, 9.17) is 4.52 Å². The van der Waals surface area contributed by atoms with Gasteiger partial charge in [0.15, 0.2) is 5.16 Å². The minimum Gasteiger partial charge on any atom is -0.338 e. The second kappa shape index (κ2) is 6.96. The number of aryl methyl sites for hydroxylation is 1. The predicted molar refractivity (Wildman–Crippen MR) is 92.1 cm³/mol. The van der Waals surface area contributed by atoms with Gasteiger partial charge < -0.3 is 9.09 Å². The molecule has 0 aliphatic carbocycles. The Morgan fingerprint density at radius 2 is 2.17 bits per heavy atom. The fourth-order valence-corrected chi connectivity index (χ4v) is 3.34. The molecule has 0 spiro atoms. The molecule has 3 rings (SSSR count). The molecule has 3 heterocycles. The molecule has 130 valence electrons. The fraction of sp³-hybridized carbons (Fsp3) is 0.625. The van der Waals surface area contributed by atoms with Gasteiger partial charge in [-0.25, -0.2) is 0 Å². The predicted octanol–water partition coefficient (Wildman–Crippen LogP) is 3.02. The Bertz CT molecular complexity index is 716. The van der Waals surface area contributed by atoms with Gasteiger partial charge in [-0.3, -0.25) is 10.1 Å². The van der Waals surface area contributed by atoms with Crippen LogP contribution in [-0.4, -0.2) is 31.6 Å². The standard InChI is InChI=1S/C16H23N5O2S/c1-16(2,3)11-9-14(23-20-11)17-13(22)10-24-15-19-18-12-7-5-4-6-8-21(12)15/h9H,4-8,10H2,1-3H3,(H,17,22). The molecule has 8 heteroatoms. The maximum absolute atomic E-state index is 12.1. The number of thioether (sulfide) groups is 1. The molecule has 0 saturated carbocycles. The van der Waals surface area contributed by atoms with Crippen molar-refractivity contribution in [2.24, 2.45) is 0 Å². The third kappa shape index (κ3) is 3.98. The van der Waals surface area contributed by atoms with Crippen LogP contribution in [0.5, 0.6) is 0 Å². The van der Waals surface area contributed by atoms with E-state index in [1.54, 1.807) is 6.07 Å². The van der Waals surface area contributed by atoms with E-state index in [9.17, 15) is 4.79 Å². The molecule has 24 heavy (non-hydrogen) atoms. The topological polar surface area (TPSA) is 85.8 Å². The van der Waals surface area contributed by atoms with E-state index in [-0.39, 0.29) is 17.1 Å². The summed E-state index contributed by atoms with van der Waals surface area (Å²) in [4.78, 5) is 12.1. The summed E-state index contributed by atoms with van der Waals surface area (Å²) in [5.74, 6) is 1.54. The lowest BCUT2D eigenvalue weighted by atomic mass is 9.92. The van der Waals surface area contributed by atoms with Gasteiger partial charge in [0.05, 0.1) is 11.4 Å². The van der Waals surface area contributed by atoms with E-state index in [1.165, 1.54) is 18.2 Å². The van der Waals surface area contributed by atoms with Crippen molar-refractivity contribution < 1.29 is 9.32 Å². The number of aromatic nitrogens is 4. The first kappa shape index (κ1) is 17.0. The smallest absolute Gasteiger partial charge is 0.237 e. The monoisotopic (exact) mass is 349 g/mol. The SMILES string of the molecule is CC(C)(C)c1cc(NC(=O)CSc2nnc3n2CCCCC3)on1. The van der Waals surface area contributed by atoms with Crippen molar-refractivity contribution in [2.75, 3.05) is 11.1 Å². The molecule has 0 bridgehead atoms. The fourth-order valence-electron chi connectivity index (χ4n) is 2.56. The summed E-state index contributed by atoms with van der Waals surface area (Å²) in [7, 11) is 0. The summed E-state index contributed by atoms with van der Waals surface area (Å²) in [6.45, 7) is 7.07. The highest BCUT2D eigenvalue weighted by Crippen LogP contribution is 2.24. The van der Waals surface area contributed by atoms with Crippen LogP contribution in [-0.2, 0) is 23.2 Å². The van der Waals surface area contributed by atoms with E-state index < -0.39 is 0 Å². The number of amides is 1. The van der Waals surface area contributed by atoms with Gasteiger partial charge in [-0.15, -0.1) is 10.2 Å². The minimum atomic E-state index is -0.136. The zero-order valence-corrected chi connectivity index (χ0v) is 15.2. The highest BCUT2D eigenvalue weighted by atomic mass is 32.2. The summed E-state index contributed by atoms with van der Waals surface area (Å²) < 4.78 is 7.32. The number of anilines is 1. The molecule has 0 fully saturated rings. The Kier molecular flexibility index (Phi) is 4.93. The zero-order valence-electron chi connectivity index (χ0n) is 14.3. The van der Waals surface area contributed by atoms with Crippen molar-refractivity contribution in [3.05, 3.63) is 17.6 Å². The van der Waals surface area contributed by atoms with Crippen LogP contribution in [0.1, 0.15) is 51.6 Å². The van der Waals surface area contributed by atoms with Gasteiger partial charge in [0, 0.05) is 24.4 Å². The lowest BCUT2D eigenvalue weighted by Crippen LogP contribution is -2.14. The summed E-state index contributed by atoms with van der Waals surface area (Å²) in [6, 6.07) is 1.77. The van der Waals surface area contributed by atoms with Crippen molar-refractivity contribution in [3.63, 3.8) is 0 Å². The van der Waals surface area contributed by atoms with Gasteiger partial charge >= 0.3 is 0 Å². The average molecular weight is 349 g/mol. The Labute approximate surface area is 145 Å². The van der Waals surface area contributed by atoms with E-state index in [2.05, 4.69) is 25.2 Å². The molecular weight excluding hydrogens is 326 g/mol. The van der Waals surface area contributed by atoms with Crippen LogP contribution in [0.2, 0.25) is 0 Å². The van der Waals surface area contributed by atoms with Crippen molar-refractivity contribution in [1.82, 2.24) is 19.9 Å². The van der Waals surface area contributed by atoms with Gasteiger partial charge in [0.1, 0.15) is 5.82 Å². The lowest BCUT2D eigenvalue weighted by Gasteiger charge is -2.12. The van der Waals surface area contributed by atoms with Crippen LogP contribution < -0.4 is 5.32 Å². The molecule has 0 radical (unpaired) electrons. The Balaban J connectivity index is 1.56. The highest BCUT2D eigenvalue weighted by molar-refractivity contribution is 7.99. The number of carbonyl (C=O) groups excluding carboxylic acids is 1. The first-order valence-corrected chi connectivity index (χ1v) is 9.24. The molecular formula is C16H23N5O2S. The minimum absolute atomic E-state index is 0.111. The molecule has 1 amide bonds. The molecule has 0 atom stereocenters. The molecule has 7 nitrogen and oxygen atoms in total. The first-order valence-electron chi connectivity index (χ1n) is 8.25. The van der Waals surface area contributed by atoms with Gasteiger partial charge in [-0.05, 0) is 12.8 Å². The van der Waals surface area contributed by atoms with Crippen molar-refractivity contribution in [1.29, 1.82) is 0 Å². The molecule has 2 aromatic heterocycles. The number of fused-ring (bicyclic) bond motifs is 1. The second-order valence-corrected chi connectivity index (χ2v) is 7.97. The Hall–Kier alpha value is -1.83. The third-order valence-corrected chi connectivity index (χ3v) is 4.92. The molecule has 0 aromatic carbocycles. The van der Waals surface area contributed by atoms with Gasteiger partial charge in [-0.2, -0.15) is 0 Å². The summed E-state index contributed by atoms with van der Waals surface area (Å²) >= 11 is 1.41. The average Bonchev–Trinajstić information content (AvgIpc) is 3.06. The number of nitrogens with zero attached hydrogens (tertiary/aromatic N) is 4. The summed E-state index contributed by atoms with van der Waals surface area (Å²) in [5, 5.41) is 16.0. The van der Waals surface area contributed by atoms with E-state index in [0.717, 1.165) is 42.5 Å². The molecule has 1 aliphatic rings. The number of hydrogen-bond acceptors (Lipinski definition) is 6. The molecule has 0 saturated heterocycles. The van der Waals surface area contributed by atoms with Gasteiger partial charge in [0.2, 0.25) is 11.8 Å². The quantitative estimate of drug-likeness (QED) is 0.854. The highest BCUT2D eigenvalue weighted by Gasteiger charge is 2.20. The number of nitrogens with one attached hydrogen (secondary N) is 1. The maximum atomic E-state index is 12.1. The number of hydrogen-bond donors (Lipinski definition) is 1. The van der Waals surface area contributed by atoms with Crippen LogP contribution in [0.3, 0.4) is 0 Å². The summed E-state index contributed by atoms with van der Waals surface area (Å²) in [5.41, 5.74) is 0.702. The van der Waals surface area contributed by atoms with E-state index >= 15 is 0 Å². The normalized spacial score (nSPS) is 15.0. The van der Waals surface area contributed by atoms with Crippen LogP contribution in [0, 0.1) is 0 Å². The largest absolute Gasteiger partial charge is 0.338 e. The van der Waals surface area contributed by atoms with Crippen LogP contribution in [0.4, 0.5) is 5.88 Å². The second-order valence-electron chi connectivity index (χ2n) is 7.02. The summed E-state index contributed by atoms with van der Waals surface area (Å²) in [6.07, 6.45) is 4.48. The van der Waals surface area contributed by atoms with Crippen LogP contribution in [0.25, 0.3) is 0 Å². The lowest BCUT2D eigenvalue weighted by molar-refractivity contribution is -0.113. The van der Waals surface area contributed by atoms with Crippen LogP contribution >= 0.6 is 11.8 Å². The van der Waals surface area contributed by atoms with Gasteiger partial charge in [0.25, 0.3) is 0 Å². The molecule has 2 aromatic rings. The van der Waals surface area contributed by atoms with Crippen molar-refractivity contribution >= 4 is 23.6 Å². The third-order valence-electron chi connectivity index (χ3n) is 3.95. The molecule has 1 aliphatic heterocycles. The molecule has 0 unspecified atom stereocenters. The maximum Gasteiger partial charge on any atom is 0.237 e. The van der Waals surface area contributed by atoms with Crippen molar-refractivity contribution in [2.45, 2.75) is 63.6 Å². The number of carbonyl (C=O) groups is 1. The first-order chi connectivity index (χ1) is 11.4.